The number of aliphatic imine (C=N–C) groups is 1. The largest absolute Gasteiger partial charge is 0.279 e. The van der Waals surface area contributed by atoms with Crippen molar-refractivity contribution in [3.05, 3.63) is 28.6 Å². The highest BCUT2D eigenvalue weighted by atomic mass is 16.1. The Morgan fingerprint density at radius 3 is 2.83 bits per heavy atom. The maximum Gasteiger partial charge on any atom is 0.279 e. The van der Waals surface area contributed by atoms with E-state index in [-0.39, 0.29) is 5.91 Å². The Morgan fingerprint density at radius 1 is 1.33 bits per heavy atom. The van der Waals surface area contributed by atoms with Gasteiger partial charge < -0.3 is 0 Å². The first-order chi connectivity index (χ1) is 5.68. The fraction of sp³-hybridized carbons (Fsp3) is 0.222. The SMILES string of the molecule is Cc1cc2c(nc1C)C=NC2=O. The van der Waals surface area contributed by atoms with Crippen molar-refractivity contribution in [3.8, 4) is 0 Å². The molecular weight excluding hydrogens is 152 g/mol. The Morgan fingerprint density at radius 2 is 2.08 bits per heavy atom. The summed E-state index contributed by atoms with van der Waals surface area (Å²) in [4.78, 5) is 19.0. The lowest BCUT2D eigenvalue weighted by atomic mass is 10.1. The third-order valence-corrected chi connectivity index (χ3v) is 2.03. The number of rotatable bonds is 0. The predicted octanol–water partition coefficient (Wildman–Crippen LogP) is 1.27. The molecule has 0 aliphatic carbocycles. The van der Waals surface area contributed by atoms with Crippen molar-refractivity contribution < 1.29 is 4.79 Å². The highest BCUT2D eigenvalue weighted by Gasteiger charge is 2.17. The standard InChI is InChI=1S/C9H8N2O/c1-5-3-7-8(11-6(5)2)4-10-9(7)12/h3-4H,1-2H3. The number of amides is 1. The summed E-state index contributed by atoms with van der Waals surface area (Å²) in [5.41, 5.74) is 3.31. The summed E-state index contributed by atoms with van der Waals surface area (Å²) in [7, 11) is 0. The minimum atomic E-state index is -0.180. The van der Waals surface area contributed by atoms with E-state index in [2.05, 4.69) is 9.98 Å². The van der Waals surface area contributed by atoms with E-state index in [4.69, 9.17) is 0 Å². The van der Waals surface area contributed by atoms with Crippen LogP contribution in [0.2, 0.25) is 0 Å². The molecule has 0 N–H and O–H groups in total. The fourth-order valence-corrected chi connectivity index (χ4v) is 1.18. The molecule has 0 unspecified atom stereocenters. The summed E-state index contributed by atoms with van der Waals surface area (Å²) in [6.45, 7) is 3.86. The van der Waals surface area contributed by atoms with Crippen LogP contribution in [0.3, 0.4) is 0 Å². The van der Waals surface area contributed by atoms with Gasteiger partial charge in [-0.15, -0.1) is 0 Å². The van der Waals surface area contributed by atoms with Gasteiger partial charge >= 0.3 is 0 Å². The first-order valence-corrected chi connectivity index (χ1v) is 3.75. The van der Waals surface area contributed by atoms with Crippen LogP contribution in [0.15, 0.2) is 11.1 Å². The Balaban J connectivity index is 2.69. The van der Waals surface area contributed by atoms with Crippen LogP contribution in [0.5, 0.6) is 0 Å². The maximum absolute atomic E-state index is 11.1. The van der Waals surface area contributed by atoms with Gasteiger partial charge in [-0.1, -0.05) is 0 Å². The van der Waals surface area contributed by atoms with Crippen LogP contribution >= 0.6 is 0 Å². The van der Waals surface area contributed by atoms with Crippen LogP contribution in [0, 0.1) is 13.8 Å². The van der Waals surface area contributed by atoms with E-state index in [9.17, 15) is 4.79 Å². The smallest absolute Gasteiger partial charge is 0.267 e. The normalized spacial score (nSPS) is 13.7. The van der Waals surface area contributed by atoms with E-state index in [1.54, 1.807) is 0 Å². The zero-order valence-electron chi connectivity index (χ0n) is 6.96. The second-order valence-corrected chi connectivity index (χ2v) is 2.89. The Bertz CT molecular complexity index is 394. The number of carbonyl (C=O) groups excluding carboxylic acids is 1. The molecule has 0 saturated heterocycles. The number of pyridine rings is 1. The molecule has 0 bridgehead atoms. The minimum absolute atomic E-state index is 0.180. The molecular formula is C9H8N2O. The first-order valence-electron chi connectivity index (χ1n) is 3.75. The third kappa shape index (κ3) is 0.863. The van der Waals surface area contributed by atoms with Crippen LogP contribution < -0.4 is 0 Å². The molecule has 0 saturated carbocycles. The number of aromatic nitrogens is 1. The van der Waals surface area contributed by atoms with Crippen molar-refractivity contribution in [2.75, 3.05) is 0 Å². The van der Waals surface area contributed by atoms with Crippen LogP contribution in [0.4, 0.5) is 0 Å². The van der Waals surface area contributed by atoms with Crippen LogP contribution in [-0.4, -0.2) is 17.1 Å². The third-order valence-electron chi connectivity index (χ3n) is 2.03. The molecule has 1 aliphatic rings. The van der Waals surface area contributed by atoms with Gasteiger partial charge in [0, 0.05) is 5.69 Å². The predicted molar refractivity (Wildman–Crippen MR) is 45.6 cm³/mol. The molecule has 0 radical (unpaired) electrons. The molecule has 3 heteroatoms. The lowest BCUT2D eigenvalue weighted by Gasteiger charge is -2.00. The summed E-state index contributed by atoms with van der Waals surface area (Å²) in [5, 5.41) is 0. The summed E-state index contributed by atoms with van der Waals surface area (Å²) in [5.74, 6) is -0.180. The summed E-state index contributed by atoms with van der Waals surface area (Å²) < 4.78 is 0. The quantitative estimate of drug-likeness (QED) is 0.573. The zero-order valence-corrected chi connectivity index (χ0v) is 6.96. The zero-order chi connectivity index (χ0) is 8.72. The molecule has 3 nitrogen and oxygen atoms in total. The van der Waals surface area contributed by atoms with Gasteiger partial charge in [-0.25, -0.2) is 4.99 Å². The molecule has 12 heavy (non-hydrogen) atoms. The average Bonchev–Trinajstić information content (AvgIpc) is 2.35. The number of fused-ring (bicyclic) bond motifs is 1. The second-order valence-electron chi connectivity index (χ2n) is 2.89. The highest BCUT2D eigenvalue weighted by Crippen LogP contribution is 2.15. The van der Waals surface area contributed by atoms with Gasteiger partial charge in [-0.3, -0.25) is 9.78 Å². The second kappa shape index (κ2) is 2.24. The van der Waals surface area contributed by atoms with Gasteiger partial charge in [0.2, 0.25) is 0 Å². The van der Waals surface area contributed by atoms with E-state index in [1.165, 1.54) is 6.21 Å². The van der Waals surface area contributed by atoms with Gasteiger partial charge in [-0.2, -0.15) is 0 Å². The molecule has 1 aromatic rings. The Hall–Kier alpha value is -1.51. The number of carbonyl (C=O) groups is 1. The van der Waals surface area contributed by atoms with E-state index in [0.717, 1.165) is 11.3 Å². The molecule has 0 spiro atoms. The highest BCUT2D eigenvalue weighted by molar-refractivity contribution is 6.11. The van der Waals surface area contributed by atoms with Crippen LogP contribution in [0.1, 0.15) is 27.3 Å². The van der Waals surface area contributed by atoms with Crippen molar-refractivity contribution in [2.45, 2.75) is 13.8 Å². The number of hydrogen-bond acceptors (Lipinski definition) is 2. The fourth-order valence-electron chi connectivity index (χ4n) is 1.18. The molecule has 2 heterocycles. The number of nitrogens with zero attached hydrogens (tertiary/aromatic N) is 2. The van der Waals surface area contributed by atoms with Gasteiger partial charge in [-0.05, 0) is 25.5 Å². The summed E-state index contributed by atoms with van der Waals surface area (Å²) in [6, 6.07) is 1.84. The number of hydrogen-bond donors (Lipinski definition) is 0. The molecule has 1 amide bonds. The average molecular weight is 160 g/mol. The lowest BCUT2D eigenvalue weighted by Crippen LogP contribution is -1.98. The Kier molecular flexibility index (Phi) is 1.33. The summed E-state index contributed by atoms with van der Waals surface area (Å²) in [6.07, 6.45) is 1.52. The van der Waals surface area contributed by atoms with Crippen LogP contribution in [-0.2, 0) is 0 Å². The Labute approximate surface area is 70.2 Å². The van der Waals surface area contributed by atoms with Crippen LogP contribution in [0.25, 0.3) is 0 Å². The molecule has 0 aromatic carbocycles. The van der Waals surface area contributed by atoms with Crippen molar-refractivity contribution in [1.29, 1.82) is 0 Å². The lowest BCUT2D eigenvalue weighted by molar-refractivity contribution is 0.101. The molecule has 0 atom stereocenters. The summed E-state index contributed by atoms with van der Waals surface area (Å²) >= 11 is 0. The van der Waals surface area contributed by atoms with Gasteiger partial charge in [0.1, 0.15) is 0 Å². The topological polar surface area (TPSA) is 42.3 Å². The van der Waals surface area contributed by atoms with E-state index < -0.39 is 0 Å². The molecule has 0 fully saturated rings. The minimum Gasteiger partial charge on any atom is -0.267 e. The van der Waals surface area contributed by atoms with Gasteiger partial charge in [0.25, 0.3) is 5.91 Å². The maximum atomic E-state index is 11.1. The van der Waals surface area contributed by atoms with Crippen molar-refractivity contribution in [1.82, 2.24) is 4.98 Å². The monoisotopic (exact) mass is 160 g/mol. The molecule has 2 rings (SSSR count). The van der Waals surface area contributed by atoms with Crippen molar-refractivity contribution in [3.63, 3.8) is 0 Å². The number of aryl methyl sites for hydroxylation is 2. The van der Waals surface area contributed by atoms with Gasteiger partial charge in [0.05, 0.1) is 17.5 Å². The van der Waals surface area contributed by atoms with Crippen molar-refractivity contribution in [2.24, 2.45) is 4.99 Å². The molecule has 1 aliphatic heterocycles. The van der Waals surface area contributed by atoms with Gasteiger partial charge in [0.15, 0.2) is 0 Å². The van der Waals surface area contributed by atoms with Crippen molar-refractivity contribution >= 4 is 12.1 Å². The van der Waals surface area contributed by atoms with E-state index >= 15 is 0 Å². The molecule has 60 valence electrons. The van der Waals surface area contributed by atoms with E-state index in [0.29, 0.717) is 11.3 Å². The van der Waals surface area contributed by atoms with E-state index in [1.807, 2.05) is 19.9 Å². The first kappa shape index (κ1) is 7.16. The molecule has 1 aromatic heterocycles.